The molecule has 0 bridgehead atoms. The molecular formula is C22H20N2O4. The Kier molecular flexibility index (Phi) is 6.25. The molecule has 0 aliphatic carbocycles. The maximum atomic E-state index is 12.0. The number of ether oxygens (including phenoxy) is 2. The van der Waals surface area contributed by atoms with Gasteiger partial charge in [0.05, 0.1) is 13.3 Å². The van der Waals surface area contributed by atoms with Crippen molar-refractivity contribution < 1.29 is 19.4 Å². The van der Waals surface area contributed by atoms with Crippen LogP contribution in [0.15, 0.2) is 77.9 Å². The molecule has 28 heavy (non-hydrogen) atoms. The first-order valence-electron chi connectivity index (χ1n) is 8.63. The van der Waals surface area contributed by atoms with Crippen LogP contribution in [0.4, 0.5) is 0 Å². The summed E-state index contributed by atoms with van der Waals surface area (Å²) in [7, 11) is 1.57. The van der Waals surface area contributed by atoms with Gasteiger partial charge in [-0.1, -0.05) is 30.3 Å². The minimum absolute atomic E-state index is 0.0988. The largest absolute Gasteiger partial charge is 0.508 e. The predicted molar refractivity (Wildman–Crippen MR) is 107 cm³/mol. The first-order chi connectivity index (χ1) is 13.7. The lowest BCUT2D eigenvalue weighted by Gasteiger charge is -2.11. The zero-order valence-corrected chi connectivity index (χ0v) is 15.3. The van der Waals surface area contributed by atoms with Crippen molar-refractivity contribution in [1.82, 2.24) is 5.43 Å². The summed E-state index contributed by atoms with van der Waals surface area (Å²) in [4.78, 5) is 12.0. The van der Waals surface area contributed by atoms with Crippen molar-refractivity contribution in [3.63, 3.8) is 0 Å². The van der Waals surface area contributed by atoms with Crippen LogP contribution in [-0.2, 0) is 6.61 Å². The number of amides is 1. The summed E-state index contributed by atoms with van der Waals surface area (Å²) < 4.78 is 11.2. The first kappa shape index (κ1) is 19.0. The van der Waals surface area contributed by atoms with Crippen molar-refractivity contribution in [1.29, 1.82) is 0 Å². The molecule has 1 amide bonds. The zero-order valence-electron chi connectivity index (χ0n) is 15.3. The highest BCUT2D eigenvalue weighted by Gasteiger charge is 2.06. The number of rotatable bonds is 7. The van der Waals surface area contributed by atoms with Crippen LogP contribution in [0.25, 0.3) is 0 Å². The van der Waals surface area contributed by atoms with E-state index in [0.29, 0.717) is 23.7 Å². The van der Waals surface area contributed by atoms with E-state index in [4.69, 9.17) is 9.47 Å². The lowest BCUT2D eigenvalue weighted by Crippen LogP contribution is -2.17. The number of nitrogens with zero attached hydrogens (tertiary/aromatic N) is 1. The molecule has 0 fully saturated rings. The van der Waals surface area contributed by atoms with Gasteiger partial charge in [0.15, 0.2) is 11.5 Å². The van der Waals surface area contributed by atoms with Crippen LogP contribution in [0.2, 0.25) is 0 Å². The minimum atomic E-state index is -0.369. The Labute approximate surface area is 163 Å². The number of hydrazone groups is 1. The molecule has 0 radical (unpaired) electrons. The van der Waals surface area contributed by atoms with Crippen molar-refractivity contribution in [2.24, 2.45) is 5.10 Å². The Balaban J connectivity index is 1.61. The molecule has 2 N–H and O–H groups in total. The molecule has 0 unspecified atom stereocenters. The van der Waals surface area contributed by atoms with Crippen LogP contribution < -0.4 is 14.9 Å². The van der Waals surface area contributed by atoms with Crippen LogP contribution in [0.3, 0.4) is 0 Å². The van der Waals surface area contributed by atoms with Gasteiger partial charge in [-0.05, 0) is 53.6 Å². The number of carbonyl (C=O) groups is 1. The maximum absolute atomic E-state index is 12.0. The van der Waals surface area contributed by atoms with E-state index in [1.807, 2.05) is 36.4 Å². The summed E-state index contributed by atoms with van der Waals surface area (Å²) >= 11 is 0. The van der Waals surface area contributed by atoms with Gasteiger partial charge < -0.3 is 14.6 Å². The van der Waals surface area contributed by atoms with Crippen LogP contribution in [-0.4, -0.2) is 24.3 Å². The van der Waals surface area contributed by atoms with Crippen molar-refractivity contribution in [3.05, 3.63) is 89.5 Å². The highest BCUT2D eigenvalue weighted by Crippen LogP contribution is 2.28. The molecule has 3 rings (SSSR count). The van der Waals surface area contributed by atoms with E-state index in [-0.39, 0.29) is 11.7 Å². The van der Waals surface area contributed by atoms with Gasteiger partial charge in [0, 0.05) is 5.56 Å². The Bertz CT molecular complexity index is 954. The fourth-order valence-electron chi connectivity index (χ4n) is 2.46. The lowest BCUT2D eigenvalue weighted by molar-refractivity contribution is 0.0955. The highest BCUT2D eigenvalue weighted by molar-refractivity contribution is 5.95. The molecule has 0 aliphatic heterocycles. The Morgan fingerprint density at radius 2 is 1.79 bits per heavy atom. The number of phenols is 1. The number of hydrogen-bond acceptors (Lipinski definition) is 5. The second kappa shape index (κ2) is 9.23. The number of nitrogens with one attached hydrogen (secondary N) is 1. The maximum Gasteiger partial charge on any atom is 0.271 e. The van der Waals surface area contributed by atoms with Gasteiger partial charge in [0.2, 0.25) is 0 Å². The number of benzene rings is 3. The molecule has 0 spiro atoms. The molecule has 0 aliphatic rings. The van der Waals surface area contributed by atoms with E-state index in [9.17, 15) is 9.90 Å². The summed E-state index contributed by atoms with van der Waals surface area (Å²) in [6.45, 7) is 0.438. The van der Waals surface area contributed by atoms with Crippen molar-refractivity contribution in [3.8, 4) is 17.2 Å². The molecule has 0 heterocycles. The average molecular weight is 376 g/mol. The van der Waals surface area contributed by atoms with Gasteiger partial charge in [0.1, 0.15) is 12.4 Å². The van der Waals surface area contributed by atoms with E-state index in [1.54, 1.807) is 19.2 Å². The van der Waals surface area contributed by atoms with Crippen molar-refractivity contribution >= 4 is 12.1 Å². The van der Waals surface area contributed by atoms with Crippen LogP contribution in [0, 0.1) is 0 Å². The standard InChI is InChI=1S/C22H20N2O4/c1-27-21-13-17(7-12-20(21)28-15-16-5-3-2-4-6-16)14-23-24-22(26)18-8-10-19(25)11-9-18/h2-14,25H,15H2,1H3,(H,24,26)/b23-14+. The smallest absolute Gasteiger partial charge is 0.271 e. The molecule has 0 saturated heterocycles. The van der Waals surface area contributed by atoms with Crippen LogP contribution >= 0.6 is 0 Å². The van der Waals surface area contributed by atoms with Crippen LogP contribution in [0.5, 0.6) is 17.2 Å². The van der Waals surface area contributed by atoms with Crippen molar-refractivity contribution in [2.45, 2.75) is 6.61 Å². The number of phenolic OH excluding ortho intramolecular Hbond substituents is 1. The summed E-state index contributed by atoms with van der Waals surface area (Å²) in [6, 6.07) is 21.2. The van der Waals surface area contributed by atoms with Gasteiger partial charge in [-0.2, -0.15) is 5.10 Å². The van der Waals surface area contributed by atoms with Crippen LogP contribution in [0.1, 0.15) is 21.5 Å². The van der Waals surface area contributed by atoms with Crippen molar-refractivity contribution in [2.75, 3.05) is 7.11 Å². The summed E-state index contributed by atoms with van der Waals surface area (Å²) in [5.41, 5.74) is 4.65. The minimum Gasteiger partial charge on any atom is -0.508 e. The predicted octanol–water partition coefficient (Wildman–Crippen LogP) is 3.74. The highest BCUT2D eigenvalue weighted by atomic mass is 16.5. The molecule has 0 saturated carbocycles. The van der Waals surface area contributed by atoms with E-state index in [0.717, 1.165) is 11.1 Å². The molecule has 6 nitrogen and oxygen atoms in total. The molecule has 0 atom stereocenters. The van der Waals surface area contributed by atoms with Gasteiger partial charge in [-0.3, -0.25) is 4.79 Å². The third-order valence-electron chi connectivity index (χ3n) is 3.93. The second-order valence-electron chi connectivity index (χ2n) is 5.93. The third-order valence-corrected chi connectivity index (χ3v) is 3.93. The Morgan fingerprint density at radius 1 is 1.04 bits per heavy atom. The monoisotopic (exact) mass is 376 g/mol. The Morgan fingerprint density at radius 3 is 2.50 bits per heavy atom. The summed E-state index contributed by atoms with van der Waals surface area (Å²) in [5, 5.41) is 13.2. The molecule has 0 aromatic heterocycles. The zero-order chi connectivity index (χ0) is 19.8. The normalized spacial score (nSPS) is 10.6. The molecular weight excluding hydrogens is 356 g/mol. The van der Waals surface area contributed by atoms with Gasteiger partial charge in [-0.15, -0.1) is 0 Å². The lowest BCUT2D eigenvalue weighted by atomic mass is 10.2. The van der Waals surface area contributed by atoms with E-state index in [1.165, 1.54) is 30.5 Å². The topological polar surface area (TPSA) is 80.2 Å². The Hall–Kier alpha value is -3.80. The van der Waals surface area contributed by atoms with E-state index in [2.05, 4.69) is 10.5 Å². The summed E-state index contributed by atoms with van der Waals surface area (Å²) in [5.74, 6) is 0.925. The molecule has 6 heteroatoms. The molecule has 3 aromatic carbocycles. The fraction of sp³-hybridized carbons (Fsp3) is 0.0909. The van der Waals surface area contributed by atoms with Gasteiger partial charge >= 0.3 is 0 Å². The number of carbonyl (C=O) groups excluding carboxylic acids is 1. The number of hydrogen-bond donors (Lipinski definition) is 2. The SMILES string of the molecule is COc1cc(/C=N/NC(=O)c2ccc(O)cc2)ccc1OCc1ccccc1. The van der Waals surface area contributed by atoms with Gasteiger partial charge in [-0.25, -0.2) is 5.43 Å². The fourth-order valence-corrected chi connectivity index (χ4v) is 2.46. The molecule has 3 aromatic rings. The third kappa shape index (κ3) is 5.11. The van der Waals surface area contributed by atoms with Gasteiger partial charge in [0.25, 0.3) is 5.91 Å². The average Bonchev–Trinajstić information content (AvgIpc) is 2.73. The first-order valence-corrected chi connectivity index (χ1v) is 8.63. The van der Waals surface area contributed by atoms with E-state index >= 15 is 0 Å². The second-order valence-corrected chi connectivity index (χ2v) is 5.93. The number of methoxy groups -OCH3 is 1. The van der Waals surface area contributed by atoms with E-state index < -0.39 is 0 Å². The quantitative estimate of drug-likeness (QED) is 0.486. The number of aromatic hydroxyl groups is 1. The summed E-state index contributed by atoms with van der Waals surface area (Å²) in [6.07, 6.45) is 1.52. The molecule has 142 valence electrons.